The first-order valence-corrected chi connectivity index (χ1v) is 28.8. The molecule has 0 aliphatic heterocycles. The van der Waals surface area contributed by atoms with Gasteiger partial charge in [-0.25, -0.2) is 0 Å². The molecule has 2 atom stereocenters. The van der Waals surface area contributed by atoms with E-state index in [0.717, 1.165) is 11.8 Å². The van der Waals surface area contributed by atoms with Crippen LogP contribution in [0.15, 0.2) is 0 Å². The van der Waals surface area contributed by atoms with Gasteiger partial charge in [0.05, 0.1) is 0 Å². The third kappa shape index (κ3) is 47.1. The van der Waals surface area contributed by atoms with E-state index in [1.165, 1.54) is 308 Å². The lowest BCUT2D eigenvalue weighted by molar-refractivity contribution is 0.236. The van der Waals surface area contributed by atoms with Crippen LogP contribution in [0.2, 0.25) is 0 Å². The Morgan fingerprint density at radius 1 is 0.138 bits per heavy atom. The molecular weight excluding hydrogens is 697 g/mol. The average Bonchev–Trinajstić information content (AvgIpc) is 3.23. The molecule has 0 aliphatic rings. The van der Waals surface area contributed by atoms with Crippen molar-refractivity contribution in [2.24, 2.45) is 11.8 Å². The summed E-state index contributed by atoms with van der Waals surface area (Å²) in [4.78, 5) is 0. The summed E-state index contributed by atoms with van der Waals surface area (Å²) >= 11 is 0. The second kappa shape index (κ2) is 53.1. The van der Waals surface area contributed by atoms with Gasteiger partial charge in [0.2, 0.25) is 0 Å². The molecule has 0 aromatic heterocycles. The van der Waals surface area contributed by atoms with Crippen LogP contribution in [0.3, 0.4) is 0 Å². The summed E-state index contributed by atoms with van der Waals surface area (Å²) in [5.74, 6) is 2.04. The van der Waals surface area contributed by atoms with Gasteiger partial charge in [-0.15, -0.1) is 0 Å². The first-order chi connectivity index (χ1) is 28.8. The number of unbranched alkanes of at least 4 members (excludes halogenated alkanes) is 44. The predicted molar refractivity (Wildman–Crippen MR) is 270 cm³/mol. The van der Waals surface area contributed by atoms with Crippen molar-refractivity contribution in [1.29, 1.82) is 0 Å². The Balaban J connectivity index is 4.83. The third-order valence-corrected chi connectivity index (χ3v) is 14.4. The number of hydrogen-bond donors (Lipinski definition) is 0. The largest absolute Gasteiger partial charge is 0.0654 e. The molecular formula is C58H118. The summed E-state index contributed by atoms with van der Waals surface area (Å²) in [6.07, 6.45) is 77.3. The summed E-state index contributed by atoms with van der Waals surface area (Å²) in [6, 6.07) is 0. The number of rotatable bonds is 53. The molecule has 58 heavy (non-hydrogen) atoms. The molecule has 2 unspecified atom stereocenters. The highest BCUT2D eigenvalue weighted by atomic mass is 14.3. The molecule has 0 nitrogen and oxygen atoms in total. The van der Waals surface area contributed by atoms with E-state index in [9.17, 15) is 0 Å². The highest BCUT2D eigenvalue weighted by Gasteiger charge is 2.21. The van der Waals surface area contributed by atoms with E-state index in [1.807, 2.05) is 0 Å². The van der Waals surface area contributed by atoms with Crippen LogP contribution in [0.4, 0.5) is 0 Å². The van der Waals surface area contributed by atoms with Crippen molar-refractivity contribution in [2.45, 2.75) is 362 Å². The highest BCUT2D eigenvalue weighted by molar-refractivity contribution is 4.73. The van der Waals surface area contributed by atoms with Crippen molar-refractivity contribution >= 4 is 0 Å². The molecule has 0 aromatic carbocycles. The zero-order chi connectivity index (χ0) is 41.9. The fraction of sp³-hybridized carbons (Fsp3) is 1.00. The van der Waals surface area contributed by atoms with Crippen molar-refractivity contribution in [3.8, 4) is 0 Å². The summed E-state index contributed by atoms with van der Waals surface area (Å²) in [7, 11) is 0. The fourth-order valence-corrected chi connectivity index (χ4v) is 10.2. The van der Waals surface area contributed by atoms with E-state index in [2.05, 4.69) is 27.7 Å². The second-order valence-electron chi connectivity index (χ2n) is 20.2. The minimum atomic E-state index is 1.02. The van der Waals surface area contributed by atoms with E-state index in [1.54, 1.807) is 25.7 Å². The van der Waals surface area contributed by atoms with Crippen LogP contribution in [-0.2, 0) is 0 Å². The van der Waals surface area contributed by atoms with Gasteiger partial charge < -0.3 is 0 Å². The van der Waals surface area contributed by atoms with Crippen molar-refractivity contribution < 1.29 is 0 Å². The highest BCUT2D eigenvalue weighted by Crippen LogP contribution is 2.34. The zero-order valence-electron chi connectivity index (χ0n) is 41.9. The Morgan fingerprint density at radius 3 is 0.362 bits per heavy atom. The molecule has 0 radical (unpaired) electrons. The Morgan fingerprint density at radius 2 is 0.241 bits per heavy atom. The zero-order valence-corrected chi connectivity index (χ0v) is 41.9. The second-order valence-corrected chi connectivity index (χ2v) is 20.2. The minimum Gasteiger partial charge on any atom is -0.0654 e. The molecule has 0 aromatic rings. The number of hydrogen-bond acceptors (Lipinski definition) is 0. The van der Waals surface area contributed by atoms with Gasteiger partial charge in [-0.2, -0.15) is 0 Å². The fourth-order valence-electron chi connectivity index (χ4n) is 10.2. The summed E-state index contributed by atoms with van der Waals surface area (Å²) < 4.78 is 0. The summed E-state index contributed by atoms with van der Waals surface area (Å²) in [5, 5.41) is 0. The monoisotopic (exact) mass is 815 g/mol. The SMILES string of the molecule is CCCCCCCCCCCCCCCCC(CCCCCCCCCCCCCC)C(CCCCCCCCCCCC)CCCCCCCCCCCCCC. The van der Waals surface area contributed by atoms with Crippen LogP contribution in [0, 0.1) is 11.8 Å². The molecule has 0 fully saturated rings. The quantitative estimate of drug-likeness (QED) is 0.0537. The molecule has 0 saturated carbocycles. The Labute approximate surface area is 372 Å². The van der Waals surface area contributed by atoms with E-state index >= 15 is 0 Å². The lowest BCUT2D eigenvalue weighted by Crippen LogP contribution is -2.16. The van der Waals surface area contributed by atoms with Crippen molar-refractivity contribution in [3.63, 3.8) is 0 Å². The Kier molecular flexibility index (Phi) is 53.1. The van der Waals surface area contributed by atoms with Gasteiger partial charge in [-0.3, -0.25) is 0 Å². The standard InChI is InChI=1S/C58H118/c1-5-9-13-17-21-25-29-32-33-36-40-44-48-52-56-58(55-51-47-43-39-35-31-27-23-19-15-11-7-3)57(53-49-45-41-37-28-24-20-16-12-8-4)54-50-46-42-38-34-30-26-22-18-14-10-6-2/h57-58H,5-56H2,1-4H3. The maximum atomic E-state index is 2.34. The molecule has 0 bridgehead atoms. The van der Waals surface area contributed by atoms with Gasteiger partial charge in [-0.1, -0.05) is 362 Å². The lowest BCUT2D eigenvalue weighted by atomic mass is 9.78. The molecule has 0 heterocycles. The maximum Gasteiger partial charge on any atom is -0.0386 e. The summed E-state index contributed by atoms with van der Waals surface area (Å²) in [6.45, 7) is 9.34. The minimum absolute atomic E-state index is 1.02. The predicted octanol–water partition coefficient (Wildman–Crippen LogP) is 22.6. The van der Waals surface area contributed by atoms with Gasteiger partial charge in [0.1, 0.15) is 0 Å². The Hall–Kier alpha value is 0. The van der Waals surface area contributed by atoms with E-state index < -0.39 is 0 Å². The van der Waals surface area contributed by atoms with Crippen LogP contribution >= 0.6 is 0 Å². The molecule has 0 saturated heterocycles. The average molecular weight is 816 g/mol. The van der Waals surface area contributed by atoms with Gasteiger partial charge >= 0.3 is 0 Å². The smallest absolute Gasteiger partial charge is 0.0386 e. The van der Waals surface area contributed by atoms with Crippen molar-refractivity contribution in [2.75, 3.05) is 0 Å². The molecule has 0 heteroatoms. The van der Waals surface area contributed by atoms with Crippen LogP contribution in [0.5, 0.6) is 0 Å². The topological polar surface area (TPSA) is 0 Å². The summed E-state index contributed by atoms with van der Waals surface area (Å²) in [5.41, 5.74) is 0. The van der Waals surface area contributed by atoms with E-state index in [-0.39, 0.29) is 0 Å². The maximum absolute atomic E-state index is 2.34. The van der Waals surface area contributed by atoms with Crippen LogP contribution < -0.4 is 0 Å². The lowest BCUT2D eigenvalue weighted by Gasteiger charge is -2.28. The molecule has 0 rings (SSSR count). The first kappa shape index (κ1) is 58.0. The molecule has 0 N–H and O–H groups in total. The van der Waals surface area contributed by atoms with Gasteiger partial charge in [-0.05, 0) is 11.8 Å². The van der Waals surface area contributed by atoms with Crippen molar-refractivity contribution in [3.05, 3.63) is 0 Å². The molecule has 350 valence electrons. The molecule has 0 amide bonds. The first-order valence-electron chi connectivity index (χ1n) is 28.8. The van der Waals surface area contributed by atoms with Crippen molar-refractivity contribution in [1.82, 2.24) is 0 Å². The van der Waals surface area contributed by atoms with Gasteiger partial charge in [0, 0.05) is 0 Å². The normalized spacial score (nSPS) is 12.8. The van der Waals surface area contributed by atoms with Crippen LogP contribution in [0.1, 0.15) is 362 Å². The Bertz CT molecular complexity index is 680. The van der Waals surface area contributed by atoms with Crippen LogP contribution in [0.25, 0.3) is 0 Å². The molecule has 0 spiro atoms. The molecule has 0 aliphatic carbocycles. The third-order valence-electron chi connectivity index (χ3n) is 14.4. The van der Waals surface area contributed by atoms with Crippen LogP contribution in [-0.4, -0.2) is 0 Å². The van der Waals surface area contributed by atoms with E-state index in [0.29, 0.717) is 0 Å². The van der Waals surface area contributed by atoms with Gasteiger partial charge in [0.25, 0.3) is 0 Å². The van der Waals surface area contributed by atoms with E-state index in [4.69, 9.17) is 0 Å². The van der Waals surface area contributed by atoms with Gasteiger partial charge in [0.15, 0.2) is 0 Å².